The third kappa shape index (κ3) is 2.60. The zero-order valence-electron chi connectivity index (χ0n) is 10.4. The molecular weight excluding hydrogens is 252 g/mol. The summed E-state index contributed by atoms with van der Waals surface area (Å²) in [5, 5.41) is 2.30. The molecule has 0 N–H and O–H groups in total. The lowest BCUT2D eigenvalue weighted by atomic mass is 10.2. The number of carbonyl (C=O) groups excluding carboxylic acids is 1. The SMILES string of the molecule is CC(=O)c1sc(=S)n(N2CCCCCC2)c1C. The van der Waals surface area contributed by atoms with Crippen molar-refractivity contribution in [1.29, 1.82) is 0 Å². The van der Waals surface area contributed by atoms with Gasteiger partial charge in [0.2, 0.25) is 0 Å². The molecule has 1 saturated heterocycles. The van der Waals surface area contributed by atoms with Gasteiger partial charge in [0, 0.05) is 20.0 Å². The summed E-state index contributed by atoms with van der Waals surface area (Å²) in [4.78, 5) is 12.3. The number of rotatable bonds is 2. The third-order valence-electron chi connectivity index (χ3n) is 3.19. The first kappa shape index (κ1) is 12.8. The summed E-state index contributed by atoms with van der Waals surface area (Å²) in [5.41, 5.74) is 1.01. The molecule has 5 heteroatoms. The quantitative estimate of drug-likeness (QED) is 0.609. The lowest BCUT2D eigenvalue weighted by Crippen LogP contribution is -2.36. The molecule has 17 heavy (non-hydrogen) atoms. The van der Waals surface area contributed by atoms with Crippen LogP contribution in [0.1, 0.15) is 48.0 Å². The smallest absolute Gasteiger partial charge is 0.180 e. The van der Waals surface area contributed by atoms with Crippen LogP contribution in [0.15, 0.2) is 0 Å². The normalized spacial score (nSPS) is 16.9. The molecule has 0 spiro atoms. The Labute approximate surface area is 111 Å². The van der Waals surface area contributed by atoms with Gasteiger partial charge in [-0.1, -0.05) is 24.2 Å². The molecule has 0 bridgehead atoms. The number of aromatic nitrogens is 1. The van der Waals surface area contributed by atoms with Crippen molar-refractivity contribution >= 4 is 29.3 Å². The van der Waals surface area contributed by atoms with Gasteiger partial charge in [0.25, 0.3) is 0 Å². The maximum absolute atomic E-state index is 11.5. The summed E-state index contributed by atoms with van der Waals surface area (Å²) in [6.45, 7) is 5.70. The van der Waals surface area contributed by atoms with Crippen molar-refractivity contribution in [2.45, 2.75) is 39.5 Å². The average Bonchev–Trinajstić information content (AvgIpc) is 2.49. The predicted octanol–water partition coefficient (Wildman–Crippen LogP) is 3.30. The number of thiazole rings is 1. The molecule has 0 saturated carbocycles. The van der Waals surface area contributed by atoms with Crippen LogP contribution in [-0.4, -0.2) is 23.5 Å². The first-order chi connectivity index (χ1) is 8.11. The van der Waals surface area contributed by atoms with Gasteiger partial charge >= 0.3 is 0 Å². The lowest BCUT2D eigenvalue weighted by Gasteiger charge is -2.25. The van der Waals surface area contributed by atoms with E-state index in [2.05, 4.69) is 9.69 Å². The van der Waals surface area contributed by atoms with Gasteiger partial charge in [-0.05, 0) is 32.0 Å². The summed E-state index contributed by atoms with van der Waals surface area (Å²) in [6, 6.07) is 0. The van der Waals surface area contributed by atoms with Crippen LogP contribution in [0.4, 0.5) is 0 Å². The van der Waals surface area contributed by atoms with Crippen LogP contribution in [0.25, 0.3) is 0 Å². The molecule has 3 nitrogen and oxygen atoms in total. The molecule has 1 aliphatic rings. The first-order valence-electron chi connectivity index (χ1n) is 6.10. The molecule has 1 fully saturated rings. The largest absolute Gasteiger partial charge is 0.311 e. The molecule has 0 amide bonds. The van der Waals surface area contributed by atoms with Crippen LogP contribution < -0.4 is 5.01 Å². The Kier molecular flexibility index (Phi) is 3.99. The highest BCUT2D eigenvalue weighted by Crippen LogP contribution is 2.21. The standard InChI is InChI=1S/C12H18N2OS2/c1-9-11(10(2)15)17-12(16)14(9)13-7-5-3-4-6-8-13/h3-8H2,1-2H3. The number of Topliss-reactive ketones (excluding diaryl/α,β-unsaturated/α-hetero) is 1. The van der Waals surface area contributed by atoms with E-state index in [0.29, 0.717) is 0 Å². The van der Waals surface area contributed by atoms with Crippen LogP contribution >= 0.6 is 23.6 Å². The van der Waals surface area contributed by atoms with Gasteiger partial charge in [-0.3, -0.25) is 4.79 Å². The molecule has 1 aromatic rings. The molecule has 0 unspecified atom stereocenters. The van der Waals surface area contributed by atoms with Crippen LogP contribution in [0.5, 0.6) is 0 Å². The van der Waals surface area contributed by atoms with Crippen LogP contribution in [0.3, 0.4) is 0 Å². The number of ketones is 1. The van der Waals surface area contributed by atoms with E-state index in [4.69, 9.17) is 12.2 Å². The van der Waals surface area contributed by atoms with E-state index in [1.165, 1.54) is 37.0 Å². The molecule has 0 aliphatic carbocycles. The van der Waals surface area contributed by atoms with Gasteiger partial charge in [-0.25, -0.2) is 4.68 Å². The number of carbonyl (C=O) groups is 1. The molecule has 2 rings (SSSR count). The Morgan fingerprint density at radius 2 is 1.82 bits per heavy atom. The van der Waals surface area contributed by atoms with Crippen LogP contribution in [0.2, 0.25) is 0 Å². The first-order valence-corrected chi connectivity index (χ1v) is 7.32. The second-order valence-corrected chi connectivity index (χ2v) is 6.16. The zero-order valence-corrected chi connectivity index (χ0v) is 12.0. The Balaban J connectivity index is 2.37. The van der Waals surface area contributed by atoms with Gasteiger partial charge < -0.3 is 5.01 Å². The van der Waals surface area contributed by atoms with Crippen LogP contribution in [0, 0.1) is 10.9 Å². The van der Waals surface area contributed by atoms with Crippen molar-refractivity contribution in [2.24, 2.45) is 0 Å². The summed E-state index contributed by atoms with van der Waals surface area (Å²) in [7, 11) is 0. The Morgan fingerprint density at radius 1 is 1.24 bits per heavy atom. The van der Waals surface area contributed by atoms with Gasteiger partial charge in [-0.2, -0.15) is 0 Å². The summed E-state index contributed by atoms with van der Waals surface area (Å²) in [6.07, 6.45) is 5.03. The maximum Gasteiger partial charge on any atom is 0.180 e. The number of hydrogen-bond acceptors (Lipinski definition) is 4. The highest BCUT2D eigenvalue weighted by Gasteiger charge is 2.17. The van der Waals surface area contributed by atoms with E-state index in [9.17, 15) is 4.79 Å². The predicted molar refractivity (Wildman–Crippen MR) is 74.3 cm³/mol. The Bertz CT molecular complexity index is 467. The topological polar surface area (TPSA) is 25.2 Å². The van der Waals surface area contributed by atoms with Gasteiger partial charge in [-0.15, -0.1) is 0 Å². The molecule has 2 heterocycles. The fourth-order valence-electron chi connectivity index (χ4n) is 2.35. The van der Waals surface area contributed by atoms with Crippen molar-refractivity contribution in [3.05, 3.63) is 14.5 Å². The average molecular weight is 270 g/mol. The fourth-order valence-corrected chi connectivity index (χ4v) is 3.74. The van der Waals surface area contributed by atoms with E-state index in [1.807, 2.05) is 6.92 Å². The third-order valence-corrected chi connectivity index (χ3v) is 4.75. The summed E-state index contributed by atoms with van der Waals surface area (Å²) in [5.74, 6) is 0.118. The highest BCUT2D eigenvalue weighted by molar-refractivity contribution is 7.73. The number of hydrogen-bond donors (Lipinski definition) is 0. The zero-order chi connectivity index (χ0) is 12.4. The monoisotopic (exact) mass is 270 g/mol. The molecule has 1 aliphatic heterocycles. The minimum atomic E-state index is 0.118. The molecular formula is C12H18N2OS2. The second-order valence-electron chi connectivity index (χ2n) is 4.52. The van der Waals surface area contributed by atoms with Gasteiger partial charge in [0.1, 0.15) is 0 Å². The summed E-state index contributed by atoms with van der Waals surface area (Å²) >= 11 is 6.83. The highest BCUT2D eigenvalue weighted by atomic mass is 32.1. The molecule has 0 radical (unpaired) electrons. The molecule has 1 aromatic heterocycles. The summed E-state index contributed by atoms with van der Waals surface area (Å²) < 4.78 is 2.87. The second kappa shape index (κ2) is 5.31. The van der Waals surface area contributed by atoms with Crippen molar-refractivity contribution < 1.29 is 4.79 Å². The minimum absolute atomic E-state index is 0.118. The maximum atomic E-state index is 11.5. The molecule has 94 valence electrons. The fraction of sp³-hybridized carbons (Fsp3) is 0.667. The lowest BCUT2D eigenvalue weighted by molar-refractivity contribution is 0.102. The van der Waals surface area contributed by atoms with E-state index < -0.39 is 0 Å². The van der Waals surface area contributed by atoms with Crippen molar-refractivity contribution in [2.75, 3.05) is 18.1 Å². The van der Waals surface area contributed by atoms with Crippen molar-refractivity contribution in [3.63, 3.8) is 0 Å². The molecule has 0 aromatic carbocycles. The Morgan fingerprint density at radius 3 is 2.29 bits per heavy atom. The van der Waals surface area contributed by atoms with Crippen LogP contribution in [-0.2, 0) is 0 Å². The number of nitrogens with zero attached hydrogens (tertiary/aromatic N) is 2. The van der Waals surface area contributed by atoms with E-state index >= 15 is 0 Å². The molecule has 0 atom stereocenters. The van der Waals surface area contributed by atoms with E-state index in [0.717, 1.165) is 27.6 Å². The van der Waals surface area contributed by atoms with E-state index in [1.54, 1.807) is 6.92 Å². The van der Waals surface area contributed by atoms with Crippen molar-refractivity contribution in [1.82, 2.24) is 4.68 Å². The van der Waals surface area contributed by atoms with Gasteiger partial charge in [0.05, 0.1) is 10.6 Å². The van der Waals surface area contributed by atoms with Gasteiger partial charge in [0.15, 0.2) is 9.74 Å². The van der Waals surface area contributed by atoms with E-state index in [-0.39, 0.29) is 5.78 Å². The Hall–Kier alpha value is -0.680. The van der Waals surface area contributed by atoms with Crippen molar-refractivity contribution in [3.8, 4) is 0 Å². The minimum Gasteiger partial charge on any atom is -0.311 e.